The van der Waals surface area contributed by atoms with Crippen LogP contribution in [0.4, 0.5) is 0 Å². The van der Waals surface area contributed by atoms with Gasteiger partial charge in [-0.3, -0.25) is 4.90 Å². The molecule has 0 saturated carbocycles. The van der Waals surface area contributed by atoms with E-state index in [0.29, 0.717) is 18.3 Å². The first-order valence-electron chi connectivity index (χ1n) is 5.06. The van der Waals surface area contributed by atoms with Gasteiger partial charge in [-0.1, -0.05) is 5.16 Å². The highest BCUT2D eigenvalue weighted by Crippen LogP contribution is 2.28. The Kier molecular flexibility index (Phi) is 2.88. The van der Waals surface area contributed by atoms with E-state index >= 15 is 0 Å². The van der Waals surface area contributed by atoms with E-state index in [2.05, 4.69) is 10.1 Å². The van der Waals surface area contributed by atoms with Gasteiger partial charge >= 0.3 is 0 Å². The molecule has 0 aromatic rings. The maximum atomic E-state index is 8.46. The molecule has 0 radical (unpaired) electrons. The first-order chi connectivity index (χ1) is 6.79. The predicted molar refractivity (Wildman–Crippen MR) is 52.3 cm³/mol. The van der Waals surface area contributed by atoms with E-state index in [0.717, 1.165) is 32.2 Å². The van der Waals surface area contributed by atoms with Crippen molar-refractivity contribution >= 4 is 5.84 Å². The fourth-order valence-corrected chi connectivity index (χ4v) is 2.34. The maximum Gasteiger partial charge on any atom is 0.153 e. The van der Waals surface area contributed by atoms with E-state index in [1.165, 1.54) is 6.42 Å². The highest BCUT2D eigenvalue weighted by atomic mass is 16.5. The molecule has 5 nitrogen and oxygen atoms in total. The van der Waals surface area contributed by atoms with Crippen LogP contribution in [0.1, 0.15) is 6.42 Å². The molecule has 0 aromatic heterocycles. The molecule has 80 valence electrons. The van der Waals surface area contributed by atoms with E-state index < -0.39 is 0 Å². The van der Waals surface area contributed by atoms with Crippen LogP contribution in [0, 0.1) is 11.8 Å². The number of likely N-dealkylation sites (tertiary alicyclic amines) is 1. The van der Waals surface area contributed by atoms with E-state index in [4.69, 9.17) is 15.7 Å². The molecule has 3 N–H and O–H groups in total. The molecule has 0 bridgehead atoms. The molecule has 2 heterocycles. The van der Waals surface area contributed by atoms with Crippen LogP contribution >= 0.6 is 0 Å². The van der Waals surface area contributed by atoms with E-state index in [9.17, 15) is 0 Å². The van der Waals surface area contributed by atoms with Gasteiger partial charge in [0.05, 0.1) is 13.2 Å². The normalized spacial score (nSPS) is 34.4. The molecule has 14 heavy (non-hydrogen) atoms. The predicted octanol–water partition coefficient (Wildman–Crippen LogP) is -0.299. The number of rotatable bonds is 2. The van der Waals surface area contributed by atoms with Crippen LogP contribution in [0.25, 0.3) is 0 Å². The summed E-state index contributed by atoms with van der Waals surface area (Å²) < 4.78 is 5.43. The molecule has 0 amide bonds. The summed E-state index contributed by atoms with van der Waals surface area (Å²) in [5.74, 6) is 1.68. The third-order valence-electron chi connectivity index (χ3n) is 3.15. The van der Waals surface area contributed by atoms with Gasteiger partial charge in [0.2, 0.25) is 0 Å². The van der Waals surface area contributed by atoms with Gasteiger partial charge in [-0.05, 0) is 18.9 Å². The van der Waals surface area contributed by atoms with Gasteiger partial charge < -0.3 is 15.7 Å². The molecule has 0 aliphatic carbocycles. The van der Waals surface area contributed by atoms with Crippen LogP contribution in [0.15, 0.2) is 5.16 Å². The summed E-state index contributed by atoms with van der Waals surface area (Å²) in [5, 5.41) is 11.5. The molecular weight excluding hydrogens is 182 g/mol. The summed E-state index contributed by atoms with van der Waals surface area (Å²) >= 11 is 0. The Bertz CT molecular complexity index is 232. The van der Waals surface area contributed by atoms with Gasteiger partial charge in [0.1, 0.15) is 0 Å². The van der Waals surface area contributed by atoms with Crippen molar-refractivity contribution in [1.82, 2.24) is 4.90 Å². The van der Waals surface area contributed by atoms with Crippen molar-refractivity contribution in [2.45, 2.75) is 6.42 Å². The molecule has 2 rings (SSSR count). The number of piperidine rings is 1. The highest BCUT2D eigenvalue weighted by molar-refractivity contribution is 5.81. The lowest BCUT2D eigenvalue weighted by molar-refractivity contribution is 0.162. The third kappa shape index (κ3) is 1.99. The number of oxime groups is 1. The smallest absolute Gasteiger partial charge is 0.153 e. The summed E-state index contributed by atoms with van der Waals surface area (Å²) in [6.07, 6.45) is 1.17. The minimum absolute atomic E-state index is 0.294. The van der Waals surface area contributed by atoms with Crippen molar-refractivity contribution in [3.05, 3.63) is 0 Å². The summed E-state index contributed by atoms with van der Waals surface area (Å²) in [7, 11) is 0. The summed E-state index contributed by atoms with van der Waals surface area (Å²) in [5.41, 5.74) is 5.47. The summed E-state index contributed by atoms with van der Waals surface area (Å²) in [6.45, 7) is 4.40. The zero-order chi connectivity index (χ0) is 9.97. The lowest BCUT2D eigenvalue weighted by Gasteiger charge is -2.33. The number of ether oxygens (including phenoxy) is 1. The molecule has 2 saturated heterocycles. The number of hydrogen-bond donors (Lipinski definition) is 2. The fraction of sp³-hybridized carbons (Fsp3) is 0.889. The standard InChI is InChI=1S/C9H17N3O2/c10-9(11-13)4-12-2-1-7-5-14-6-8(7)3-12/h7-8,13H,1-6H2,(H2,10,11)/t7-,8+/m1/s1. The third-order valence-corrected chi connectivity index (χ3v) is 3.15. The van der Waals surface area contributed by atoms with Gasteiger partial charge in [0, 0.05) is 19.1 Å². The number of hydrogen-bond acceptors (Lipinski definition) is 4. The van der Waals surface area contributed by atoms with Crippen molar-refractivity contribution in [2.75, 3.05) is 32.8 Å². The molecule has 0 aromatic carbocycles. The van der Waals surface area contributed by atoms with Gasteiger partial charge in [-0.2, -0.15) is 0 Å². The Morgan fingerprint density at radius 3 is 3.07 bits per heavy atom. The molecular formula is C9H17N3O2. The second-order valence-electron chi connectivity index (χ2n) is 4.17. The van der Waals surface area contributed by atoms with Gasteiger partial charge in [0.15, 0.2) is 5.84 Å². The van der Waals surface area contributed by atoms with Crippen LogP contribution in [0.3, 0.4) is 0 Å². The summed E-state index contributed by atoms with van der Waals surface area (Å²) in [6, 6.07) is 0. The quantitative estimate of drug-likeness (QED) is 0.277. The molecule has 2 aliphatic rings. The molecule has 2 atom stereocenters. The fourth-order valence-electron chi connectivity index (χ4n) is 2.34. The Morgan fingerprint density at radius 2 is 2.29 bits per heavy atom. The maximum absolute atomic E-state index is 8.46. The van der Waals surface area contributed by atoms with Crippen LogP contribution in [-0.2, 0) is 4.74 Å². The SMILES string of the molecule is NC(CN1CC[C@@H]2COC[C@@H]2C1)=NO. The van der Waals surface area contributed by atoms with Crippen LogP contribution in [0.5, 0.6) is 0 Å². The van der Waals surface area contributed by atoms with Crippen molar-refractivity contribution in [3.63, 3.8) is 0 Å². The van der Waals surface area contributed by atoms with E-state index in [1.807, 2.05) is 0 Å². The number of amidine groups is 1. The molecule has 2 aliphatic heterocycles. The van der Waals surface area contributed by atoms with Crippen molar-refractivity contribution in [2.24, 2.45) is 22.7 Å². The average Bonchev–Trinajstić information content (AvgIpc) is 2.64. The van der Waals surface area contributed by atoms with Gasteiger partial charge in [-0.15, -0.1) is 0 Å². The molecule has 2 fully saturated rings. The Balaban J connectivity index is 1.85. The summed E-state index contributed by atoms with van der Waals surface area (Å²) in [4.78, 5) is 2.23. The van der Waals surface area contributed by atoms with Crippen molar-refractivity contribution < 1.29 is 9.94 Å². The van der Waals surface area contributed by atoms with E-state index in [-0.39, 0.29) is 0 Å². The lowest BCUT2D eigenvalue weighted by atomic mass is 9.89. The largest absolute Gasteiger partial charge is 0.409 e. The minimum atomic E-state index is 0.294. The number of nitrogens with zero attached hydrogens (tertiary/aromatic N) is 2. The monoisotopic (exact) mass is 199 g/mol. The number of nitrogens with two attached hydrogens (primary N) is 1. The van der Waals surface area contributed by atoms with Crippen LogP contribution < -0.4 is 5.73 Å². The van der Waals surface area contributed by atoms with Gasteiger partial charge in [0.25, 0.3) is 0 Å². The topological polar surface area (TPSA) is 71.1 Å². The average molecular weight is 199 g/mol. The zero-order valence-corrected chi connectivity index (χ0v) is 8.22. The lowest BCUT2D eigenvalue weighted by Crippen LogP contribution is -2.43. The molecule has 5 heteroatoms. The molecule has 0 spiro atoms. The van der Waals surface area contributed by atoms with Crippen LogP contribution in [0.2, 0.25) is 0 Å². The Morgan fingerprint density at radius 1 is 1.50 bits per heavy atom. The van der Waals surface area contributed by atoms with E-state index in [1.54, 1.807) is 0 Å². The first-order valence-corrected chi connectivity index (χ1v) is 5.06. The first kappa shape index (κ1) is 9.73. The highest BCUT2D eigenvalue weighted by Gasteiger charge is 2.33. The minimum Gasteiger partial charge on any atom is -0.409 e. The second kappa shape index (κ2) is 4.14. The van der Waals surface area contributed by atoms with Crippen molar-refractivity contribution in [3.8, 4) is 0 Å². The van der Waals surface area contributed by atoms with Gasteiger partial charge in [-0.25, -0.2) is 0 Å². The molecule has 0 unspecified atom stereocenters. The zero-order valence-electron chi connectivity index (χ0n) is 8.22. The second-order valence-corrected chi connectivity index (χ2v) is 4.17. The Labute approximate surface area is 83.5 Å². The Hall–Kier alpha value is -0.810. The van der Waals surface area contributed by atoms with Crippen LogP contribution in [-0.4, -0.2) is 48.8 Å². The number of fused-ring (bicyclic) bond motifs is 1. The van der Waals surface area contributed by atoms with Crippen molar-refractivity contribution in [1.29, 1.82) is 0 Å².